The minimum absolute atomic E-state index is 0.228. The Morgan fingerprint density at radius 1 is 0.826 bits per heavy atom. The zero-order valence-electron chi connectivity index (χ0n) is 12.3. The maximum absolute atomic E-state index is 9.40. The molecule has 114 valence electrons. The van der Waals surface area contributed by atoms with Crippen LogP contribution in [0.25, 0.3) is 0 Å². The molecule has 0 radical (unpaired) electrons. The monoisotopic (exact) mass is 322 g/mol. The van der Waals surface area contributed by atoms with Gasteiger partial charge in [0.05, 0.1) is 5.69 Å². The highest BCUT2D eigenvalue weighted by molar-refractivity contribution is 6.30. The summed E-state index contributed by atoms with van der Waals surface area (Å²) in [5.41, 5.74) is 2.62. The van der Waals surface area contributed by atoms with Gasteiger partial charge in [0.1, 0.15) is 11.6 Å². The Morgan fingerprint density at radius 2 is 1.48 bits per heavy atom. The lowest BCUT2D eigenvalue weighted by Crippen LogP contribution is -2.13. The minimum atomic E-state index is 0.228. The molecule has 0 aliphatic rings. The van der Waals surface area contributed by atoms with Gasteiger partial charge in [0.2, 0.25) is 0 Å². The summed E-state index contributed by atoms with van der Waals surface area (Å²) in [6.45, 7) is 0. The number of nitrogens with one attached hydrogen (secondary N) is 1. The number of nitrogens with zero attached hydrogens (tertiary/aromatic N) is 1. The molecule has 0 fully saturated rings. The minimum Gasteiger partial charge on any atom is -0.508 e. The molecule has 0 amide bonds. The van der Waals surface area contributed by atoms with E-state index in [0.29, 0.717) is 5.02 Å². The van der Waals surface area contributed by atoms with Gasteiger partial charge in [0, 0.05) is 16.3 Å². The maximum atomic E-state index is 9.40. The molecule has 0 unspecified atom stereocenters. The Balaban J connectivity index is 1.96. The largest absolute Gasteiger partial charge is 0.508 e. The fourth-order valence-corrected chi connectivity index (χ4v) is 2.21. The first-order valence-corrected chi connectivity index (χ1v) is 7.54. The molecule has 0 aromatic heterocycles. The van der Waals surface area contributed by atoms with Crippen molar-refractivity contribution in [1.82, 2.24) is 0 Å². The second kappa shape index (κ2) is 6.99. The second-order valence-electron chi connectivity index (χ2n) is 4.97. The van der Waals surface area contributed by atoms with Crippen LogP contribution in [0.1, 0.15) is 5.56 Å². The number of halogens is 1. The summed E-state index contributed by atoms with van der Waals surface area (Å²) in [7, 11) is 0. The Hall–Kier alpha value is -2.78. The topological polar surface area (TPSA) is 44.6 Å². The molecule has 3 rings (SSSR count). The van der Waals surface area contributed by atoms with E-state index in [1.54, 1.807) is 24.3 Å². The highest BCUT2D eigenvalue weighted by atomic mass is 35.5. The van der Waals surface area contributed by atoms with Crippen molar-refractivity contribution in [3.05, 3.63) is 89.4 Å². The summed E-state index contributed by atoms with van der Waals surface area (Å²) in [5, 5.41) is 13.4. The van der Waals surface area contributed by atoms with Gasteiger partial charge in [-0.2, -0.15) is 0 Å². The summed E-state index contributed by atoms with van der Waals surface area (Å²) in [6, 6.07) is 24.1. The number of rotatable bonds is 3. The van der Waals surface area contributed by atoms with Gasteiger partial charge in [-0.15, -0.1) is 0 Å². The highest BCUT2D eigenvalue weighted by Gasteiger charge is 2.05. The number of phenols is 1. The van der Waals surface area contributed by atoms with Crippen LogP contribution >= 0.6 is 11.6 Å². The Bertz CT molecular complexity index is 797. The fourth-order valence-electron chi connectivity index (χ4n) is 2.09. The average molecular weight is 323 g/mol. The van der Waals surface area contributed by atoms with Crippen molar-refractivity contribution >= 4 is 28.8 Å². The van der Waals surface area contributed by atoms with Crippen molar-refractivity contribution in [2.75, 3.05) is 5.32 Å². The number of benzene rings is 3. The van der Waals surface area contributed by atoms with Crippen molar-refractivity contribution in [3.8, 4) is 5.75 Å². The predicted molar refractivity (Wildman–Crippen MR) is 95.8 cm³/mol. The number of hydrogen-bond acceptors (Lipinski definition) is 2. The van der Waals surface area contributed by atoms with Crippen LogP contribution in [0.4, 0.5) is 11.4 Å². The third kappa shape index (κ3) is 4.11. The predicted octanol–water partition coefficient (Wildman–Crippen LogP) is 5.24. The Morgan fingerprint density at radius 3 is 2.13 bits per heavy atom. The third-order valence-electron chi connectivity index (χ3n) is 3.24. The van der Waals surface area contributed by atoms with Crippen LogP contribution in [0.3, 0.4) is 0 Å². The van der Waals surface area contributed by atoms with Crippen molar-refractivity contribution < 1.29 is 5.11 Å². The molecule has 0 bridgehead atoms. The smallest absolute Gasteiger partial charge is 0.138 e. The van der Waals surface area contributed by atoms with Gasteiger partial charge in [-0.1, -0.05) is 41.9 Å². The van der Waals surface area contributed by atoms with Gasteiger partial charge in [-0.25, -0.2) is 4.99 Å². The Labute approximate surface area is 139 Å². The molecule has 0 spiro atoms. The number of amidine groups is 1. The SMILES string of the molecule is Oc1ccc(NC(=Nc2ccc(Cl)cc2)c2ccccc2)cc1. The van der Waals surface area contributed by atoms with Crippen LogP contribution in [0.2, 0.25) is 5.02 Å². The summed E-state index contributed by atoms with van der Waals surface area (Å²) in [5.74, 6) is 0.949. The van der Waals surface area contributed by atoms with Crippen LogP contribution in [0, 0.1) is 0 Å². The van der Waals surface area contributed by atoms with Gasteiger partial charge in [-0.3, -0.25) is 0 Å². The summed E-state index contributed by atoms with van der Waals surface area (Å²) in [4.78, 5) is 4.67. The van der Waals surface area contributed by atoms with E-state index in [0.717, 1.165) is 22.8 Å². The molecule has 3 aromatic rings. The first-order chi connectivity index (χ1) is 11.2. The molecular weight excluding hydrogens is 308 g/mol. The Kier molecular flexibility index (Phi) is 4.60. The van der Waals surface area contributed by atoms with Crippen LogP contribution in [-0.2, 0) is 0 Å². The number of hydrogen-bond donors (Lipinski definition) is 2. The van der Waals surface area contributed by atoms with Gasteiger partial charge in [0.15, 0.2) is 0 Å². The van der Waals surface area contributed by atoms with Crippen LogP contribution in [0.15, 0.2) is 83.9 Å². The standard InChI is InChI=1S/C19H15ClN2O/c20-15-6-8-16(9-7-15)21-19(14-4-2-1-3-5-14)22-17-10-12-18(23)13-11-17/h1-13,23H,(H,21,22). The first kappa shape index (κ1) is 15.1. The van der Waals surface area contributed by atoms with E-state index in [1.807, 2.05) is 54.6 Å². The van der Waals surface area contributed by atoms with E-state index < -0.39 is 0 Å². The normalized spacial score (nSPS) is 11.3. The van der Waals surface area contributed by atoms with E-state index in [1.165, 1.54) is 0 Å². The van der Waals surface area contributed by atoms with Gasteiger partial charge in [0.25, 0.3) is 0 Å². The third-order valence-corrected chi connectivity index (χ3v) is 3.50. The van der Waals surface area contributed by atoms with Crippen molar-refractivity contribution in [2.45, 2.75) is 0 Å². The summed E-state index contributed by atoms with van der Waals surface area (Å²) in [6.07, 6.45) is 0. The van der Waals surface area contributed by atoms with Crippen molar-refractivity contribution in [2.24, 2.45) is 4.99 Å². The number of phenolic OH excluding ortho intramolecular Hbond substituents is 1. The number of aliphatic imine (C=N–C) groups is 1. The lowest BCUT2D eigenvalue weighted by Gasteiger charge is -2.11. The average Bonchev–Trinajstić information content (AvgIpc) is 2.59. The lowest BCUT2D eigenvalue weighted by molar-refractivity contribution is 0.475. The zero-order chi connectivity index (χ0) is 16.1. The molecule has 0 aliphatic carbocycles. The van der Waals surface area contributed by atoms with Gasteiger partial charge in [-0.05, 0) is 48.5 Å². The van der Waals surface area contributed by atoms with Gasteiger partial charge >= 0.3 is 0 Å². The molecule has 3 aromatic carbocycles. The van der Waals surface area contributed by atoms with Crippen molar-refractivity contribution in [3.63, 3.8) is 0 Å². The lowest BCUT2D eigenvalue weighted by atomic mass is 10.2. The molecule has 3 nitrogen and oxygen atoms in total. The summed E-state index contributed by atoms with van der Waals surface area (Å²) >= 11 is 5.92. The van der Waals surface area contributed by atoms with Crippen molar-refractivity contribution in [1.29, 1.82) is 0 Å². The molecule has 0 aliphatic heterocycles. The van der Waals surface area contributed by atoms with E-state index >= 15 is 0 Å². The number of anilines is 1. The molecule has 4 heteroatoms. The molecule has 0 heterocycles. The van der Waals surface area contributed by atoms with E-state index in [-0.39, 0.29) is 5.75 Å². The molecule has 23 heavy (non-hydrogen) atoms. The molecule has 2 N–H and O–H groups in total. The molecular formula is C19H15ClN2O. The molecule has 0 atom stereocenters. The quantitative estimate of drug-likeness (QED) is 0.393. The second-order valence-corrected chi connectivity index (χ2v) is 5.41. The zero-order valence-corrected chi connectivity index (χ0v) is 13.0. The maximum Gasteiger partial charge on any atom is 0.138 e. The van der Waals surface area contributed by atoms with E-state index in [2.05, 4.69) is 10.3 Å². The fraction of sp³-hybridized carbons (Fsp3) is 0. The van der Waals surface area contributed by atoms with Crippen LogP contribution in [-0.4, -0.2) is 10.9 Å². The number of aromatic hydroxyl groups is 1. The van der Waals surface area contributed by atoms with E-state index in [4.69, 9.17) is 11.6 Å². The first-order valence-electron chi connectivity index (χ1n) is 7.16. The molecule has 0 saturated carbocycles. The van der Waals surface area contributed by atoms with E-state index in [9.17, 15) is 5.11 Å². The summed E-state index contributed by atoms with van der Waals surface area (Å²) < 4.78 is 0. The highest BCUT2D eigenvalue weighted by Crippen LogP contribution is 2.20. The molecule has 0 saturated heterocycles. The van der Waals surface area contributed by atoms with Crippen LogP contribution in [0.5, 0.6) is 5.75 Å². The van der Waals surface area contributed by atoms with Crippen LogP contribution < -0.4 is 5.32 Å². The van der Waals surface area contributed by atoms with Gasteiger partial charge < -0.3 is 10.4 Å².